The fourth-order valence-corrected chi connectivity index (χ4v) is 2.34. The van der Waals surface area contributed by atoms with Gasteiger partial charge in [-0.1, -0.05) is 18.2 Å². The molecule has 0 amide bonds. The van der Waals surface area contributed by atoms with E-state index in [1.165, 1.54) is 18.2 Å². The van der Waals surface area contributed by atoms with Crippen LogP contribution in [0.3, 0.4) is 0 Å². The molecule has 0 bridgehead atoms. The van der Waals surface area contributed by atoms with Gasteiger partial charge in [0, 0.05) is 29.2 Å². The molecule has 0 N–H and O–H groups in total. The highest BCUT2D eigenvalue weighted by Gasteiger charge is 2.31. The molecule has 2 aromatic carbocycles. The molecule has 0 atom stereocenters. The van der Waals surface area contributed by atoms with Gasteiger partial charge in [0.05, 0.1) is 9.85 Å². The predicted octanol–water partition coefficient (Wildman–Crippen LogP) is 2.56. The highest BCUT2D eigenvalue weighted by molar-refractivity contribution is 6.21. The SMILES string of the molecule is O=C1C([N+](=O)[O-])=Cc2cc([N+](=O)[O-])cc3cccc1c23. The fourth-order valence-electron chi connectivity index (χ4n) is 2.34. The van der Waals surface area contributed by atoms with Crippen LogP contribution < -0.4 is 0 Å². The number of benzene rings is 2. The summed E-state index contributed by atoms with van der Waals surface area (Å²) in [5.41, 5.74) is -0.235. The molecule has 0 unspecified atom stereocenters. The fraction of sp³-hybridized carbons (Fsp3) is 0. The molecule has 98 valence electrons. The van der Waals surface area contributed by atoms with Crippen molar-refractivity contribution in [2.24, 2.45) is 0 Å². The minimum Gasteiger partial charge on any atom is -0.282 e. The van der Waals surface area contributed by atoms with Crippen LogP contribution in [0.1, 0.15) is 15.9 Å². The van der Waals surface area contributed by atoms with Crippen LogP contribution in [0.5, 0.6) is 0 Å². The van der Waals surface area contributed by atoms with Gasteiger partial charge in [-0.2, -0.15) is 0 Å². The van der Waals surface area contributed by atoms with E-state index >= 15 is 0 Å². The molecule has 1 aliphatic carbocycles. The van der Waals surface area contributed by atoms with Crippen molar-refractivity contribution in [1.82, 2.24) is 0 Å². The summed E-state index contributed by atoms with van der Waals surface area (Å²) in [4.78, 5) is 32.4. The number of nitro groups is 2. The largest absolute Gasteiger partial charge is 0.317 e. The van der Waals surface area contributed by atoms with Crippen molar-refractivity contribution in [3.63, 3.8) is 0 Å². The minimum absolute atomic E-state index is 0.169. The summed E-state index contributed by atoms with van der Waals surface area (Å²) in [5.74, 6) is -0.679. The van der Waals surface area contributed by atoms with Gasteiger partial charge in [0.2, 0.25) is 0 Å². The maximum atomic E-state index is 12.0. The number of carbonyl (C=O) groups excluding carboxylic acids is 1. The maximum absolute atomic E-state index is 12.0. The molecular formula is C13H6N2O5. The van der Waals surface area contributed by atoms with Gasteiger partial charge in [-0.3, -0.25) is 25.0 Å². The minimum atomic E-state index is -0.775. The summed E-state index contributed by atoms with van der Waals surface area (Å²) in [6.45, 7) is 0. The van der Waals surface area contributed by atoms with Crippen LogP contribution in [-0.2, 0) is 0 Å². The van der Waals surface area contributed by atoms with E-state index in [1.807, 2.05) is 0 Å². The summed E-state index contributed by atoms with van der Waals surface area (Å²) < 4.78 is 0. The van der Waals surface area contributed by atoms with Gasteiger partial charge in [0.25, 0.3) is 11.5 Å². The lowest BCUT2D eigenvalue weighted by molar-refractivity contribution is -0.415. The number of Topliss-reactive ketones (excluding diaryl/α,β-unsaturated/α-hetero) is 1. The quantitative estimate of drug-likeness (QED) is 0.616. The first-order valence-corrected chi connectivity index (χ1v) is 5.61. The number of allylic oxidation sites excluding steroid dienone is 1. The van der Waals surface area contributed by atoms with Crippen LogP contribution in [0, 0.1) is 20.2 Å². The zero-order valence-corrected chi connectivity index (χ0v) is 9.90. The number of nitrogens with zero attached hydrogens (tertiary/aromatic N) is 2. The smallest absolute Gasteiger partial charge is 0.282 e. The zero-order chi connectivity index (χ0) is 14.4. The Balaban J connectivity index is 2.43. The number of carbonyl (C=O) groups is 1. The lowest BCUT2D eigenvalue weighted by Crippen LogP contribution is -2.15. The summed E-state index contributed by atoms with van der Waals surface area (Å²) in [7, 11) is 0. The highest BCUT2D eigenvalue weighted by atomic mass is 16.6. The third-order valence-electron chi connectivity index (χ3n) is 3.17. The van der Waals surface area contributed by atoms with Crippen molar-refractivity contribution in [1.29, 1.82) is 0 Å². The first-order chi connectivity index (χ1) is 9.49. The Morgan fingerprint density at radius 3 is 2.40 bits per heavy atom. The Morgan fingerprint density at radius 1 is 1.00 bits per heavy atom. The van der Waals surface area contributed by atoms with E-state index in [9.17, 15) is 25.0 Å². The van der Waals surface area contributed by atoms with Crippen LogP contribution >= 0.6 is 0 Å². The molecule has 20 heavy (non-hydrogen) atoms. The third-order valence-corrected chi connectivity index (χ3v) is 3.17. The zero-order valence-electron chi connectivity index (χ0n) is 9.90. The molecule has 7 heteroatoms. The number of non-ortho nitro benzene ring substituents is 1. The number of rotatable bonds is 2. The number of ketones is 1. The van der Waals surface area contributed by atoms with E-state index < -0.39 is 21.3 Å². The molecule has 0 radical (unpaired) electrons. The molecule has 2 aromatic rings. The predicted molar refractivity (Wildman–Crippen MR) is 69.9 cm³/mol. The normalized spacial score (nSPS) is 13.2. The van der Waals surface area contributed by atoms with Crippen molar-refractivity contribution in [2.45, 2.75) is 0 Å². The van der Waals surface area contributed by atoms with Gasteiger partial charge in [-0.15, -0.1) is 0 Å². The number of hydrogen-bond acceptors (Lipinski definition) is 5. The van der Waals surface area contributed by atoms with Crippen molar-refractivity contribution in [3.8, 4) is 0 Å². The van der Waals surface area contributed by atoms with E-state index in [4.69, 9.17) is 0 Å². The van der Waals surface area contributed by atoms with Crippen LogP contribution in [-0.4, -0.2) is 15.6 Å². The molecule has 0 aromatic heterocycles. The van der Waals surface area contributed by atoms with Crippen LogP contribution in [0.2, 0.25) is 0 Å². The summed E-state index contributed by atoms with van der Waals surface area (Å²) in [6.07, 6.45) is 1.09. The van der Waals surface area contributed by atoms with Crippen molar-refractivity contribution in [3.05, 3.63) is 67.4 Å². The standard InChI is InChI=1S/C13H6N2O5/c16-13-10-3-1-2-7-4-9(14(17)18)5-8(12(7)10)6-11(13)15(19)20/h1-6H. The topological polar surface area (TPSA) is 103 Å². The Labute approximate surface area is 111 Å². The Morgan fingerprint density at radius 2 is 1.75 bits per heavy atom. The van der Waals surface area contributed by atoms with E-state index in [1.54, 1.807) is 12.1 Å². The monoisotopic (exact) mass is 270 g/mol. The maximum Gasteiger partial charge on any atom is 0.317 e. The molecular weight excluding hydrogens is 264 g/mol. The van der Waals surface area contributed by atoms with E-state index in [0.29, 0.717) is 16.3 Å². The molecule has 1 aliphatic rings. The number of hydrogen-bond donors (Lipinski definition) is 0. The molecule has 7 nitrogen and oxygen atoms in total. The third kappa shape index (κ3) is 1.57. The lowest BCUT2D eigenvalue weighted by atomic mass is 9.90. The van der Waals surface area contributed by atoms with E-state index in [0.717, 1.165) is 6.08 Å². The van der Waals surface area contributed by atoms with Gasteiger partial charge < -0.3 is 0 Å². The molecule has 0 spiro atoms. The molecule has 0 saturated carbocycles. The average Bonchev–Trinajstić information content (AvgIpc) is 2.41. The molecule has 0 heterocycles. The van der Waals surface area contributed by atoms with Gasteiger partial charge >= 0.3 is 5.70 Å². The first-order valence-electron chi connectivity index (χ1n) is 5.61. The van der Waals surface area contributed by atoms with Crippen molar-refractivity contribution < 1.29 is 14.6 Å². The van der Waals surface area contributed by atoms with Crippen LogP contribution in [0.15, 0.2) is 36.0 Å². The first kappa shape index (κ1) is 12.0. The number of nitro benzene ring substituents is 1. The summed E-state index contributed by atoms with van der Waals surface area (Å²) in [5, 5.41) is 22.8. The Bertz CT molecular complexity index is 838. The molecule has 3 rings (SSSR count). The molecule has 0 aliphatic heterocycles. The van der Waals surface area contributed by atoms with Crippen LogP contribution in [0.4, 0.5) is 5.69 Å². The van der Waals surface area contributed by atoms with Gasteiger partial charge in [-0.25, -0.2) is 0 Å². The van der Waals surface area contributed by atoms with Crippen LogP contribution in [0.25, 0.3) is 16.8 Å². The molecule has 0 fully saturated rings. The summed E-state index contributed by atoms with van der Waals surface area (Å²) in [6, 6.07) is 7.25. The van der Waals surface area contributed by atoms with Crippen molar-refractivity contribution >= 4 is 28.3 Å². The highest BCUT2D eigenvalue weighted by Crippen LogP contribution is 2.34. The average molecular weight is 270 g/mol. The van der Waals surface area contributed by atoms with E-state index in [-0.39, 0.29) is 11.3 Å². The van der Waals surface area contributed by atoms with Gasteiger partial charge in [-0.05, 0) is 10.9 Å². The van der Waals surface area contributed by atoms with Gasteiger partial charge in [0.15, 0.2) is 0 Å². The second-order valence-electron chi connectivity index (χ2n) is 4.31. The molecule has 0 saturated heterocycles. The van der Waals surface area contributed by atoms with E-state index in [2.05, 4.69) is 0 Å². The second-order valence-corrected chi connectivity index (χ2v) is 4.31. The van der Waals surface area contributed by atoms with Crippen molar-refractivity contribution in [2.75, 3.05) is 0 Å². The van der Waals surface area contributed by atoms with Gasteiger partial charge in [0.1, 0.15) is 0 Å². The summed E-state index contributed by atoms with van der Waals surface area (Å²) >= 11 is 0. The Hall–Kier alpha value is -3.09. The Kier molecular flexibility index (Phi) is 2.37. The lowest BCUT2D eigenvalue weighted by Gasteiger charge is -2.12. The second kappa shape index (κ2) is 3.95.